The van der Waals surface area contributed by atoms with Gasteiger partial charge in [-0.25, -0.2) is 0 Å². The highest BCUT2D eigenvalue weighted by atomic mass is 16.6. The van der Waals surface area contributed by atoms with Crippen LogP contribution in [0.3, 0.4) is 0 Å². The Hall–Kier alpha value is -3.06. The molecule has 0 saturated heterocycles. The van der Waals surface area contributed by atoms with Crippen LogP contribution in [-0.2, 0) is 9.59 Å². The lowest BCUT2D eigenvalue weighted by atomic mass is 10.1. The molecule has 0 aliphatic carbocycles. The van der Waals surface area contributed by atoms with Crippen LogP contribution in [0.15, 0.2) is 48.5 Å². The first kappa shape index (κ1) is 19.3. The van der Waals surface area contributed by atoms with Gasteiger partial charge in [-0.3, -0.25) is 14.5 Å². The number of nitrogens with zero attached hydrogens (tertiary/aromatic N) is 2. The maximum atomic E-state index is 13.2. The van der Waals surface area contributed by atoms with Crippen molar-refractivity contribution < 1.29 is 19.1 Å². The summed E-state index contributed by atoms with van der Waals surface area (Å²) in [6, 6.07) is 14.8. The average Bonchev–Trinajstić information content (AvgIpc) is 2.81. The van der Waals surface area contributed by atoms with E-state index in [2.05, 4.69) is 5.32 Å². The zero-order valence-corrected chi connectivity index (χ0v) is 16.6. The SMILES string of the molecule is C[C@@H]1CC(=O)Nc2ccccc2N1C(=O)CN(C)C[C@@H]1COc2ccccc2O1. The van der Waals surface area contributed by atoms with E-state index >= 15 is 0 Å². The number of carbonyl (C=O) groups excluding carboxylic acids is 2. The van der Waals surface area contributed by atoms with Gasteiger partial charge >= 0.3 is 0 Å². The highest BCUT2D eigenvalue weighted by Gasteiger charge is 2.30. The summed E-state index contributed by atoms with van der Waals surface area (Å²) in [6.45, 7) is 3.11. The van der Waals surface area contributed by atoms with E-state index in [0.717, 1.165) is 17.2 Å². The van der Waals surface area contributed by atoms with Gasteiger partial charge in [0.2, 0.25) is 11.8 Å². The van der Waals surface area contributed by atoms with Gasteiger partial charge in [0, 0.05) is 19.0 Å². The summed E-state index contributed by atoms with van der Waals surface area (Å²) in [5.74, 6) is 1.33. The first-order valence-electron chi connectivity index (χ1n) is 9.79. The highest BCUT2D eigenvalue weighted by Crippen LogP contribution is 2.32. The van der Waals surface area contributed by atoms with Crippen molar-refractivity contribution >= 4 is 23.2 Å². The van der Waals surface area contributed by atoms with Crippen LogP contribution < -0.4 is 19.7 Å². The van der Waals surface area contributed by atoms with Gasteiger partial charge in [0.1, 0.15) is 12.7 Å². The summed E-state index contributed by atoms with van der Waals surface area (Å²) >= 11 is 0. The molecule has 2 heterocycles. The Bertz CT molecular complexity index is 916. The molecule has 1 N–H and O–H groups in total. The molecule has 2 amide bonds. The van der Waals surface area contributed by atoms with Crippen LogP contribution in [0.1, 0.15) is 13.3 Å². The molecule has 2 aromatic carbocycles. The molecular formula is C22H25N3O4. The van der Waals surface area contributed by atoms with E-state index in [1.807, 2.05) is 67.4 Å². The molecule has 4 rings (SSSR count). The fraction of sp³-hybridized carbons (Fsp3) is 0.364. The van der Waals surface area contributed by atoms with Crippen molar-refractivity contribution in [3.05, 3.63) is 48.5 Å². The Morgan fingerprint density at radius 3 is 2.72 bits per heavy atom. The molecule has 7 nitrogen and oxygen atoms in total. The molecule has 7 heteroatoms. The number of para-hydroxylation sites is 4. The lowest BCUT2D eigenvalue weighted by molar-refractivity contribution is -0.120. The molecular weight excluding hydrogens is 370 g/mol. The number of amides is 2. The fourth-order valence-electron chi connectivity index (χ4n) is 3.84. The normalized spacial score (nSPS) is 20.7. The van der Waals surface area contributed by atoms with Gasteiger partial charge in [0.15, 0.2) is 11.5 Å². The predicted octanol–water partition coefficient (Wildman–Crippen LogP) is 2.52. The van der Waals surface area contributed by atoms with Crippen molar-refractivity contribution in [2.24, 2.45) is 0 Å². The number of fused-ring (bicyclic) bond motifs is 2. The molecule has 0 fully saturated rings. The number of ether oxygens (including phenoxy) is 2. The third-order valence-electron chi connectivity index (χ3n) is 5.12. The number of anilines is 2. The maximum Gasteiger partial charge on any atom is 0.241 e. The molecule has 152 valence electrons. The van der Waals surface area contributed by atoms with E-state index in [1.54, 1.807) is 4.90 Å². The van der Waals surface area contributed by atoms with Gasteiger partial charge in [-0.1, -0.05) is 24.3 Å². The van der Waals surface area contributed by atoms with Crippen molar-refractivity contribution in [1.29, 1.82) is 0 Å². The molecule has 29 heavy (non-hydrogen) atoms. The minimum Gasteiger partial charge on any atom is -0.486 e. The number of benzene rings is 2. The van der Waals surface area contributed by atoms with Gasteiger partial charge in [0.05, 0.1) is 17.9 Å². The van der Waals surface area contributed by atoms with Gasteiger partial charge in [-0.2, -0.15) is 0 Å². The molecule has 0 bridgehead atoms. The molecule has 0 unspecified atom stereocenters. The van der Waals surface area contributed by atoms with Crippen LogP contribution in [0.25, 0.3) is 0 Å². The lowest BCUT2D eigenvalue weighted by Gasteiger charge is -2.32. The summed E-state index contributed by atoms with van der Waals surface area (Å²) in [5, 5.41) is 2.88. The second kappa shape index (κ2) is 8.13. The maximum absolute atomic E-state index is 13.2. The number of nitrogens with one attached hydrogen (secondary N) is 1. The number of hydrogen-bond acceptors (Lipinski definition) is 5. The number of rotatable bonds is 4. The highest BCUT2D eigenvalue weighted by molar-refractivity contribution is 6.04. The van der Waals surface area contributed by atoms with Crippen molar-refractivity contribution in [2.45, 2.75) is 25.5 Å². The summed E-state index contributed by atoms with van der Waals surface area (Å²) in [5.41, 5.74) is 1.40. The van der Waals surface area contributed by atoms with Gasteiger partial charge in [-0.15, -0.1) is 0 Å². The first-order chi connectivity index (χ1) is 14.0. The quantitative estimate of drug-likeness (QED) is 0.861. The minimum absolute atomic E-state index is 0.0546. The van der Waals surface area contributed by atoms with Crippen molar-refractivity contribution in [3.63, 3.8) is 0 Å². The van der Waals surface area contributed by atoms with Gasteiger partial charge < -0.3 is 19.7 Å². The summed E-state index contributed by atoms with van der Waals surface area (Å²) in [7, 11) is 1.89. The Balaban J connectivity index is 1.43. The van der Waals surface area contributed by atoms with Crippen molar-refractivity contribution in [1.82, 2.24) is 4.90 Å². The summed E-state index contributed by atoms with van der Waals surface area (Å²) in [4.78, 5) is 28.9. The number of carbonyl (C=O) groups is 2. The van der Waals surface area contributed by atoms with Gasteiger partial charge in [-0.05, 0) is 38.2 Å². The second-order valence-electron chi connectivity index (χ2n) is 7.58. The lowest BCUT2D eigenvalue weighted by Crippen LogP contribution is -2.47. The molecule has 0 saturated carbocycles. The standard InChI is InChI=1S/C22H25N3O4/c1-15-11-21(26)23-17-7-3-4-8-18(17)25(15)22(27)13-24(2)12-16-14-28-19-9-5-6-10-20(19)29-16/h3-10,15-16H,11-14H2,1-2H3,(H,23,26)/t15-,16-/m1/s1. The molecule has 0 spiro atoms. The van der Waals surface area contributed by atoms with E-state index in [9.17, 15) is 9.59 Å². The average molecular weight is 395 g/mol. The van der Waals surface area contributed by atoms with Crippen LogP contribution in [0, 0.1) is 0 Å². The van der Waals surface area contributed by atoms with E-state index in [-0.39, 0.29) is 36.9 Å². The smallest absolute Gasteiger partial charge is 0.241 e. The molecule has 0 aromatic heterocycles. The van der Waals surface area contributed by atoms with Crippen LogP contribution in [0.5, 0.6) is 11.5 Å². The Morgan fingerprint density at radius 2 is 1.90 bits per heavy atom. The molecule has 2 aliphatic rings. The van der Waals surface area contributed by atoms with Gasteiger partial charge in [0.25, 0.3) is 0 Å². The molecule has 0 radical (unpaired) electrons. The Labute approximate surface area is 170 Å². The number of likely N-dealkylation sites (N-methyl/N-ethyl adjacent to an activating group) is 1. The minimum atomic E-state index is -0.222. The first-order valence-corrected chi connectivity index (χ1v) is 9.79. The van der Waals surface area contributed by atoms with Crippen LogP contribution in [0.4, 0.5) is 11.4 Å². The Kier molecular flexibility index (Phi) is 5.40. The van der Waals surface area contributed by atoms with E-state index in [1.165, 1.54) is 0 Å². The number of hydrogen-bond donors (Lipinski definition) is 1. The van der Waals surface area contributed by atoms with Crippen molar-refractivity contribution in [3.8, 4) is 11.5 Å². The van der Waals surface area contributed by atoms with Crippen LogP contribution in [0.2, 0.25) is 0 Å². The summed E-state index contributed by atoms with van der Waals surface area (Å²) < 4.78 is 11.8. The van der Waals surface area contributed by atoms with Crippen molar-refractivity contribution in [2.75, 3.05) is 37.0 Å². The predicted molar refractivity (Wildman–Crippen MR) is 110 cm³/mol. The van der Waals surface area contributed by atoms with E-state index in [4.69, 9.17) is 9.47 Å². The van der Waals surface area contributed by atoms with Crippen LogP contribution in [-0.4, -0.2) is 55.6 Å². The third kappa shape index (κ3) is 4.19. The van der Waals surface area contributed by atoms with E-state index in [0.29, 0.717) is 18.8 Å². The topological polar surface area (TPSA) is 71.1 Å². The largest absolute Gasteiger partial charge is 0.486 e. The summed E-state index contributed by atoms with van der Waals surface area (Å²) in [6.07, 6.45) is 0.111. The zero-order chi connectivity index (χ0) is 20.4. The second-order valence-corrected chi connectivity index (χ2v) is 7.58. The fourth-order valence-corrected chi connectivity index (χ4v) is 3.84. The van der Waals surface area contributed by atoms with E-state index < -0.39 is 0 Å². The monoisotopic (exact) mass is 395 g/mol. The zero-order valence-electron chi connectivity index (χ0n) is 16.6. The molecule has 2 aliphatic heterocycles. The van der Waals surface area contributed by atoms with Crippen LogP contribution >= 0.6 is 0 Å². The molecule has 2 atom stereocenters. The Morgan fingerprint density at radius 1 is 1.17 bits per heavy atom. The molecule has 2 aromatic rings. The third-order valence-corrected chi connectivity index (χ3v) is 5.12.